The van der Waals surface area contributed by atoms with Crippen LogP contribution in [0.15, 0.2) is 12.7 Å². The number of aliphatic carboxylic acids is 1. The first-order valence-corrected chi connectivity index (χ1v) is 7.32. The maximum absolute atomic E-state index is 12.0. The van der Waals surface area contributed by atoms with Crippen molar-refractivity contribution < 1.29 is 19.4 Å². The number of ether oxygens (including phenoxy) is 1. The van der Waals surface area contributed by atoms with E-state index in [4.69, 9.17) is 4.74 Å². The number of hydrogen-bond acceptors (Lipinski definition) is 3. The summed E-state index contributed by atoms with van der Waals surface area (Å²) in [6, 6.07) is -0.284. The lowest BCUT2D eigenvalue weighted by atomic mass is 9.94. The van der Waals surface area contributed by atoms with Gasteiger partial charge in [0.15, 0.2) is 0 Å². The fourth-order valence-electron chi connectivity index (χ4n) is 2.48. The summed E-state index contributed by atoms with van der Waals surface area (Å²) in [4.78, 5) is 23.3. The van der Waals surface area contributed by atoms with Crippen LogP contribution < -0.4 is 5.32 Å². The highest BCUT2D eigenvalue weighted by molar-refractivity contribution is 5.81. The molecule has 0 spiro atoms. The number of amides is 1. The number of nitrogens with one attached hydrogen (secondary N) is 1. The van der Waals surface area contributed by atoms with Crippen LogP contribution in [0.25, 0.3) is 0 Å². The average Bonchev–Trinajstić information content (AvgIpc) is 2.64. The summed E-state index contributed by atoms with van der Waals surface area (Å²) in [6.07, 6.45) is 6.12. The number of carboxylic acids is 1. The van der Waals surface area contributed by atoms with Crippen LogP contribution in [0.3, 0.4) is 0 Å². The number of rotatable bonds is 7. The van der Waals surface area contributed by atoms with Crippen LogP contribution >= 0.6 is 0 Å². The first kappa shape index (κ1) is 16.7. The predicted octanol–water partition coefficient (Wildman–Crippen LogP) is 2.12. The van der Waals surface area contributed by atoms with Crippen molar-refractivity contribution in [2.45, 2.75) is 57.6 Å². The zero-order valence-corrected chi connectivity index (χ0v) is 12.1. The third-order valence-corrected chi connectivity index (χ3v) is 3.72. The molecular weight excluding hydrogens is 258 g/mol. The van der Waals surface area contributed by atoms with Gasteiger partial charge in [-0.3, -0.25) is 9.59 Å². The number of carbonyl (C=O) groups is 2. The molecule has 1 amide bonds. The van der Waals surface area contributed by atoms with Gasteiger partial charge in [-0.1, -0.05) is 25.3 Å². The van der Waals surface area contributed by atoms with E-state index in [-0.39, 0.29) is 11.9 Å². The van der Waals surface area contributed by atoms with E-state index in [1.54, 1.807) is 13.0 Å². The van der Waals surface area contributed by atoms with Gasteiger partial charge in [0.2, 0.25) is 5.91 Å². The van der Waals surface area contributed by atoms with Gasteiger partial charge in [-0.05, 0) is 26.2 Å². The molecule has 0 aliphatic heterocycles. The number of carbonyl (C=O) groups excluding carboxylic acids is 1. The van der Waals surface area contributed by atoms with Crippen LogP contribution in [0.4, 0.5) is 0 Å². The molecule has 0 saturated heterocycles. The lowest BCUT2D eigenvalue weighted by molar-refractivity contribution is -0.144. The van der Waals surface area contributed by atoms with Gasteiger partial charge in [0, 0.05) is 6.04 Å². The molecule has 3 atom stereocenters. The van der Waals surface area contributed by atoms with E-state index in [1.165, 1.54) is 0 Å². The fraction of sp³-hybridized carbons (Fsp3) is 0.733. The van der Waals surface area contributed by atoms with E-state index in [2.05, 4.69) is 11.9 Å². The van der Waals surface area contributed by atoms with Crippen molar-refractivity contribution in [2.75, 3.05) is 6.61 Å². The van der Waals surface area contributed by atoms with Crippen LogP contribution in [0.5, 0.6) is 0 Å². The normalized spacial score (nSPS) is 24.4. The van der Waals surface area contributed by atoms with Gasteiger partial charge >= 0.3 is 5.97 Å². The summed E-state index contributed by atoms with van der Waals surface area (Å²) < 4.78 is 5.38. The van der Waals surface area contributed by atoms with E-state index in [0.717, 1.165) is 25.7 Å². The third kappa shape index (κ3) is 5.33. The lowest BCUT2D eigenvalue weighted by Gasteiger charge is -2.24. The Morgan fingerprint density at radius 1 is 1.40 bits per heavy atom. The molecule has 114 valence electrons. The monoisotopic (exact) mass is 283 g/mol. The van der Waals surface area contributed by atoms with E-state index in [9.17, 15) is 14.7 Å². The molecule has 1 aliphatic rings. The molecule has 0 bridgehead atoms. The van der Waals surface area contributed by atoms with Crippen LogP contribution in [-0.2, 0) is 14.3 Å². The molecular formula is C15H25NO4. The molecule has 1 saturated carbocycles. The number of hydrogen-bond donors (Lipinski definition) is 2. The van der Waals surface area contributed by atoms with Crippen LogP contribution in [0.2, 0.25) is 0 Å². The molecule has 1 unspecified atom stereocenters. The highest BCUT2D eigenvalue weighted by Crippen LogP contribution is 2.24. The summed E-state index contributed by atoms with van der Waals surface area (Å²) >= 11 is 0. The summed E-state index contributed by atoms with van der Waals surface area (Å²) in [6.45, 7) is 5.72. The van der Waals surface area contributed by atoms with E-state index in [0.29, 0.717) is 19.4 Å². The van der Waals surface area contributed by atoms with E-state index in [1.807, 2.05) is 0 Å². The average molecular weight is 283 g/mol. The Bertz CT molecular complexity index is 343. The molecule has 0 radical (unpaired) electrons. The smallest absolute Gasteiger partial charge is 0.308 e. The molecule has 5 nitrogen and oxygen atoms in total. The van der Waals surface area contributed by atoms with Crippen LogP contribution in [-0.4, -0.2) is 35.7 Å². The Balaban J connectivity index is 2.51. The Kier molecular flexibility index (Phi) is 7.30. The van der Waals surface area contributed by atoms with Crippen molar-refractivity contribution in [3.8, 4) is 0 Å². The molecule has 0 heterocycles. The molecule has 5 heteroatoms. The van der Waals surface area contributed by atoms with Gasteiger partial charge in [0.05, 0.1) is 12.5 Å². The maximum atomic E-state index is 12.0. The predicted molar refractivity (Wildman–Crippen MR) is 76.4 cm³/mol. The second-order valence-corrected chi connectivity index (χ2v) is 5.29. The summed E-state index contributed by atoms with van der Waals surface area (Å²) in [5.74, 6) is -1.54. The molecule has 2 N–H and O–H groups in total. The van der Waals surface area contributed by atoms with E-state index >= 15 is 0 Å². The summed E-state index contributed by atoms with van der Waals surface area (Å²) in [7, 11) is 0. The molecule has 1 fully saturated rings. The van der Waals surface area contributed by atoms with Gasteiger partial charge < -0.3 is 15.2 Å². The largest absolute Gasteiger partial charge is 0.481 e. The minimum atomic E-state index is -0.822. The SMILES string of the molecule is C=CCCOC(C)C(=O)N[C@H]1CCCCC[C@H]1C(=O)O. The standard InChI is InChI=1S/C15H25NO4/c1-3-4-10-20-11(2)14(17)16-13-9-7-5-6-8-12(13)15(18)19/h3,11-13H,1,4-10H2,2H3,(H,16,17)(H,18,19)/t11?,12-,13+/m1/s1. The summed E-state index contributed by atoms with van der Waals surface area (Å²) in [5, 5.41) is 12.1. The maximum Gasteiger partial charge on any atom is 0.308 e. The minimum Gasteiger partial charge on any atom is -0.481 e. The lowest BCUT2D eigenvalue weighted by Crippen LogP contribution is -2.46. The fourth-order valence-corrected chi connectivity index (χ4v) is 2.48. The second kappa shape index (κ2) is 8.74. The molecule has 1 aliphatic carbocycles. The zero-order chi connectivity index (χ0) is 15.0. The Hall–Kier alpha value is -1.36. The van der Waals surface area contributed by atoms with Crippen molar-refractivity contribution in [3.63, 3.8) is 0 Å². The first-order chi connectivity index (χ1) is 9.56. The quantitative estimate of drug-likeness (QED) is 0.426. The molecule has 0 aromatic carbocycles. The van der Waals surface area contributed by atoms with Crippen molar-refractivity contribution in [2.24, 2.45) is 5.92 Å². The van der Waals surface area contributed by atoms with Crippen molar-refractivity contribution >= 4 is 11.9 Å². The van der Waals surface area contributed by atoms with E-state index < -0.39 is 18.0 Å². The Morgan fingerprint density at radius 2 is 2.10 bits per heavy atom. The van der Waals surface area contributed by atoms with Gasteiger partial charge in [-0.25, -0.2) is 0 Å². The second-order valence-electron chi connectivity index (χ2n) is 5.29. The summed E-state index contributed by atoms with van der Waals surface area (Å²) in [5.41, 5.74) is 0. The van der Waals surface area contributed by atoms with Gasteiger partial charge in [0.25, 0.3) is 0 Å². The van der Waals surface area contributed by atoms with Crippen molar-refractivity contribution in [1.29, 1.82) is 0 Å². The molecule has 0 aromatic rings. The highest BCUT2D eigenvalue weighted by atomic mass is 16.5. The van der Waals surface area contributed by atoms with Gasteiger partial charge in [-0.15, -0.1) is 6.58 Å². The number of carboxylic acid groups (broad SMARTS) is 1. The molecule has 20 heavy (non-hydrogen) atoms. The highest BCUT2D eigenvalue weighted by Gasteiger charge is 2.31. The van der Waals surface area contributed by atoms with Crippen LogP contribution in [0, 0.1) is 5.92 Å². The topological polar surface area (TPSA) is 75.6 Å². The van der Waals surface area contributed by atoms with Gasteiger partial charge in [-0.2, -0.15) is 0 Å². The van der Waals surface area contributed by atoms with Crippen molar-refractivity contribution in [3.05, 3.63) is 12.7 Å². The first-order valence-electron chi connectivity index (χ1n) is 7.32. The van der Waals surface area contributed by atoms with Crippen LogP contribution in [0.1, 0.15) is 45.4 Å². The third-order valence-electron chi connectivity index (χ3n) is 3.72. The van der Waals surface area contributed by atoms with Crippen molar-refractivity contribution in [1.82, 2.24) is 5.32 Å². The molecule has 0 aromatic heterocycles. The zero-order valence-electron chi connectivity index (χ0n) is 12.1. The minimum absolute atomic E-state index is 0.229. The Morgan fingerprint density at radius 3 is 2.75 bits per heavy atom. The molecule has 1 rings (SSSR count). The Labute approximate surface area is 120 Å². The van der Waals surface area contributed by atoms with Gasteiger partial charge in [0.1, 0.15) is 6.10 Å².